The number of aliphatic imine (C=N–C) groups is 1. The average molecular weight is 423 g/mol. The summed E-state index contributed by atoms with van der Waals surface area (Å²) in [5.41, 5.74) is 0.270. The van der Waals surface area contributed by atoms with Crippen molar-refractivity contribution in [3.63, 3.8) is 0 Å². The van der Waals surface area contributed by atoms with Gasteiger partial charge < -0.3 is 20.3 Å². The molecule has 0 spiro atoms. The summed E-state index contributed by atoms with van der Waals surface area (Å²) >= 11 is 0. The van der Waals surface area contributed by atoms with Crippen LogP contribution < -0.4 is 10.6 Å². The second-order valence-electron chi connectivity index (χ2n) is 9.84. The Kier molecular flexibility index (Phi) is 9.23. The summed E-state index contributed by atoms with van der Waals surface area (Å²) in [5.74, 6) is 1.55. The van der Waals surface area contributed by atoms with Crippen molar-refractivity contribution < 1.29 is 4.74 Å². The van der Waals surface area contributed by atoms with Gasteiger partial charge in [-0.2, -0.15) is 0 Å². The molecule has 0 radical (unpaired) electrons. The van der Waals surface area contributed by atoms with Gasteiger partial charge in [-0.25, -0.2) is 0 Å². The van der Waals surface area contributed by atoms with Crippen LogP contribution in [0.1, 0.15) is 46.0 Å². The SMILES string of the molecule is CN=C(NCC(C(C)C)N1CCOCC1)NCC1(N2CCCCC2)CCN(C)CC1. The number of guanidine groups is 1. The normalized spacial score (nSPS) is 26.0. The van der Waals surface area contributed by atoms with Crippen molar-refractivity contribution >= 4 is 5.96 Å². The predicted molar refractivity (Wildman–Crippen MR) is 125 cm³/mol. The summed E-state index contributed by atoms with van der Waals surface area (Å²) in [6.45, 7) is 15.2. The number of piperidine rings is 2. The zero-order chi connectivity index (χ0) is 21.4. The minimum atomic E-state index is 0.270. The first-order valence-corrected chi connectivity index (χ1v) is 12.2. The van der Waals surface area contributed by atoms with Gasteiger partial charge in [-0.15, -0.1) is 0 Å². The highest BCUT2D eigenvalue weighted by Crippen LogP contribution is 2.30. The van der Waals surface area contributed by atoms with Crippen LogP contribution in [-0.2, 0) is 4.74 Å². The maximum absolute atomic E-state index is 5.55. The van der Waals surface area contributed by atoms with Crippen LogP contribution in [0.4, 0.5) is 0 Å². The molecule has 3 fully saturated rings. The van der Waals surface area contributed by atoms with Gasteiger partial charge in [-0.1, -0.05) is 20.3 Å². The van der Waals surface area contributed by atoms with E-state index in [0.717, 1.165) is 45.4 Å². The molecule has 3 rings (SSSR count). The van der Waals surface area contributed by atoms with E-state index in [1.807, 2.05) is 7.05 Å². The molecule has 174 valence electrons. The molecule has 7 nitrogen and oxygen atoms in total. The van der Waals surface area contributed by atoms with Crippen LogP contribution in [0.3, 0.4) is 0 Å². The van der Waals surface area contributed by atoms with Gasteiger partial charge in [0.1, 0.15) is 0 Å². The van der Waals surface area contributed by atoms with Crippen molar-refractivity contribution in [3.05, 3.63) is 0 Å². The van der Waals surface area contributed by atoms with Crippen molar-refractivity contribution in [1.29, 1.82) is 0 Å². The number of likely N-dealkylation sites (tertiary alicyclic amines) is 2. The summed E-state index contributed by atoms with van der Waals surface area (Å²) in [6.07, 6.45) is 6.58. The monoisotopic (exact) mass is 422 g/mol. The molecular formula is C23H46N6O. The van der Waals surface area contributed by atoms with E-state index in [1.165, 1.54) is 58.3 Å². The molecule has 3 aliphatic heterocycles. The molecule has 0 amide bonds. The largest absolute Gasteiger partial charge is 0.379 e. The van der Waals surface area contributed by atoms with Crippen molar-refractivity contribution in [2.75, 3.05) is 79.7 Å². The Morgan fingerprint density at radius 2 is 1.63 bits per heavy atom. The molecule has 0 aromatic rings. The molecule has 0 aliphatic carbocycles. The van der Waals surface area contributed by atoms with Crippen LogP contribution in [-0.4, -0.2) is 112 Å². The van der Waals surface area contributed by atoms with Crippen LogP contribution in [0.2, 0.25) is 0 Å². The fourth-order valence-electron chi connectivity index (χ4n) is 5.37. The second-order valence-corrected chi connectivity index (χ2v) is 9.84. The molecule has 3 saturated heterocycles. The molecule has 0 bridgehead atoms. The third kappa shape index (κ3) is 6.31. The van der Waals surface area contributed by atoms with Gasteiger partial charge in [-0.05, 0) is 64.8 Å². The van der Waals surface area contributed by atoms with E-state index in [9.17, 15) is 0 Å². The summed E-state index contributed by atoms with van der Waals surface area (Å²) in [6, 6.07) is 0.506. The van der Waals surface area contributed by atoms with E-state index in [0.29, 0.717) is 12.0 Å². The van der Waals surface area contributed by atoms with E-state index in [-0.39, 0.29) is 5.54 Å². The number of nitrogens with zero attached hydrogens (tertiary/aromatic N) is 4. The fraction of sp³-hybridized carbons (Fsp3) is 0.957. The van der Waals surface area contributed by atoms with Gasteiger partial charge in [0, 0.05) is 44.8 Å². The molecule has 1 atom stereocenters. The first-order chi connectivity index (χ1) is 14.5. The maximum atomic E-state index is 5.55. The zero-order valence-electron chi connectivity index (χ0n) is 20.0. The van der Waals surface area contributed by atoms with E-state index < -0.39 is 0 Å². The van der Waals surface area contributed by atoms with Crippen molar-refractivity contribution in [3.8, 4) is 0 Å². The van der Waals surface area contributed by atoms with Crippen molar-refractivity contribution in [1.82, 2.24) is 25.3 Å². The first-order valence-electron chi connectivity index (χ1n) is 12.2. The number of morpholine rings is 1. The van der Waals surface area contributed by atoms with Crippen LogP contribution in [0, 0.1) is 5.92 Å². The Bertz CT molecular complexity index is 520. The highest BCUT2D eigenvalue weighted by Gasteiger charge is 2.39. The number of hydrogen-bond acceptors (Lipinski definition) is 5. The van der Waals surface area contributed by atoms with Gasteiger partial charge in [-0.3, -0.25) is 14.8 Å². The van der Waals surface area contributed by atoms with Gasteiger partial charge in [0.05, 0.1) is 13.2 Å². The number of ether oxygens (including phenoxy) is 1. The lowest BCUT2D eigenvalue weighted by molar-refractivity contribution is 0.00732. The van der Waals surface area contributed by atoms with Crippen molar-refractivity contribution in [2.24, 2.45) is 10.9 Å². The van der Waals surface area contributed by atoms with E-state index in [1.54, 1.807) is 0 Å². The molecule has 3 heterocycles. The van der Waals surface area contributed by atoms with Crippen molar-refractivity contribution in [2.45, 2.75) is 57.5 Å². The minimum absolute atomic E-state index is 0.270. The predicted octanol–water partition coefficient (Wildman–Crippen LogP) is 1.46. The van der Waals surface area contributed by atoms with Gasteiger partial charge in [0.25, 0.3) is 0 Å². The van der Waals surface area contributed by atoms with E-state index >= 15 is 0 Å². The molecule has 7 heteroatoms. The molecule has 2 N–H and O–H groups in total. The van der Waals surface area contributed by atoms with Crippen LogP contribution in [0.15, 0.2) is 4.99 Å². The Balaban J connectivity index is 1.56. The zero-order valence-corrected chi connectivity index (χ0v) is 20.0. The smallest absolute Gasteiger partial charge is 0.191 e. The highest BCUT2D eigenvalue weighted by molar-refractivity contribution is 5.79. The number of nitrogens with one attached hydrogen (secondary N) is 2. The lowest BCUT2D eigenvalue weighted by atomic mass is 9.84. The van der Waals surface area contributed by atoms with Crippen LogP contribution in [0.5, 0.6) is 0 Å². The summed E-state index contributed by atoms with van der Waals surface area (Å²) < 4.78 is 5.55. The third-order valence-corrected chi connectivity index (χ3v) is 7.52. The Morgan fingerprint density at radius 3 is 2.23 bits per heavy atom. The lowest BCUT2D eigenvalue weighted by Gasteiger charge is -2.50. The quantitative estimate of drug-likeness (QED) is 0.479. The topological polar surface area (TPSA) is 55.4 Å². The van der Waals surface area contributed by atoms with E-state index in [4.69, 9.17) is 4.74 Å². The van der Waals surface area contributed by atoms with Gasteiger partial charge >= 0.3 is 0 Å². The van der Waals surface area contributed by atoms with Crippen LogP contribution >= 0.6 is 0 Å². The lowest BCUT2D eigenvalue weighted by Crippen LogP contribution is -2.62. The highest BCUT2D eigenvalue weighted by atomic mass is 16.5. The molecule has 3 aliphatic rings. The average Bonchev–Trinajstić information content (AvgIpc) is 2.78. The molecule has 0 aromatic carbocycles. The molecular weight excluding hydrogens is 376 g/mol. The Hall–Kier alpha value is -0.890. The Labute approximate surface area is 184 Å². The fourth-order valence-corrected chi connectivity index (χ4v) is 5.37. The third-order valence-electron chi connectivity index (χ3n) is 7.52. The van der Waals surface area contributed by atoms with Crippen LogP contribution in [0.25, 0.3) is 0 Å². The molecule has 30 heavy (non-hydrogen) atoms. The molecule has 0 aromatic heterocycles. The summed E-state index contributed by atoms with van der Waals surface area (Å²) in [4.78, 5) is 12.4. The maximum Gasteiger partial charge on any atom is 0.191 e. The summed E-state index contributed by atoms with van der Waals surface area (Å²) in [7, 11) is 4.16. The standard InChI is InChI=1S/C23H46N6O/c1-20(2)21(28-14-16-30-17-15-28)18-25-22(24-3)26-19-23(8-12-27(4)13-9-23)29-10-6-5-7-11-29/h20-21H,5-19H2,1-4H3,(H2,24,25,26). The van der Waals surface area contributed by atoms with E-state index in [2.05, 4.69) is 51.2 Å². The number of rotatable bonds is 7. The number of hydrogen-bond donors (Lipinski definition) is 2. The Morgan fingerprint density at radius 1 is 0.967 bits per heavy atom. The molecule has 0 saturated carbocycles. The second kappa shape index (κ2) is 11.7. The summed E-state index contributed by atoms with van der Waals surface area (Å²) in [5, 5.41) is 7.37. The van der Waals surface area contributed by atoms with Gasteiger partial charge in [0.15, 0.2) is 5.96 Å². The first kappa shape index (κ1) is 23.8. The minimum Gasteiger partial charge on any atom is -0.379 e. The van der Waals surface area contributed by atoms with Gasteiger partial charge in [0.2, 0.25) is 0 Å². The molecule has 1 unspecified atom stereocenters.